The fourth-order valence-electron chi connectivity index (χ4n) is 3.80. The summed E-state index contributed by atoms with van der Waals surface area (Å²) < 4.78 is 5.06. The summed E-state index contributed by atoms with van der Waals surface area (Å²) in [5.41, 5.74) is 1.04. The monoisotopic (exact) mass is 362 g/mol. The number of aliphatic hydroxyl groups excluding tert-OH is 1. The van der Waals surface area contributed by atoms with Gasteiger partial charge in [-0.25, -0.2) is 4.79 Å². The molecule has 1 amide bonds. The maximum absolute atomic E-state index is 11.8. The number of piperidine rings is 2. The fraction of sp³-hybridized carbons (Fsp3) is 0.684. The van der Waals surface area contributed by atoms with Gasteiger partial charge in [0.25, 0.3) is 0 Å². The molecule has 1 aromatic rings. The molecule has 26 heavy (non-hydrogen) atoms. The Hall–Kier alpha value is -1.70. The molecule has 1 aromatic heterocycles. The average Bonchev–Trinajstić information content (AvgIpc) is 2.65. The number of rotatable bonds is 5. The number of nitrogens with one attached hydrogen (secondary N) is 1. The minimum absolute atomic E-state index is 0.120. The molecule has 0 aromatic carbocycles. The first-order valence-corrected chi connectivity index (χ1v) is 9.63. The van der Waals surface area contributed by atoms with Gasteiger partial charge in [0.2, 0.25) is 0 Å². The number of amides is 1. The van der Waals surface area contributed by atoms with Crippen molar-refractivity contribution in [2.75, 3.05) is 32.8 Å². The standard InChI is InChI=1S/C19H30N4O3/c1-2-26-19(25)23-11-6-15(7-12-23)21-17-8-10-22(14-18(17)24)13-16-5-3-4-9-20-16/h3-5,9,15,17-18,21,24H,2,6-8,10-14H2,1H3. The van der Waals surface area contributed by atoms with Crippen LogP contribution in [0.1, 0.15) is 31.9 Å². The van der Waals surface area contributed by atoms with E-state index < -0.39 is 0 Å². The highest BCUT2D eigenvalue weighted by Crippen LogP contribution is 2.18. The van der Waals surface area contributed by atoms with Gasteiger partial charge in [-0.1, -0.05) is 6.07 Å². The smallest absolute Gasteiger partial charge is 0.409 e. The Bertz CT molecular complexity index is 563. The number of ether oxygens (including phenoxy) is 1. The molecule has 0 saturated carbocycles. The van der Waals surface area contributed by atoms with Crippen LogP contribution in [0.4, 0.5) is 4.79 Å². The van der Waals surface area contributed by atoms with Crippen LogP contribution in [-0.2, 0) is 11.3 Å². The van der Waals surface area contributed by atoms with Gasteiger partial charge in [0, 0.05) is 51.0 Å². The van der Waals surface area contributed by atoms with Gasteiger partial charge in [-0.05, 0) is 38.3 Å². The number of hydrogen-bond acceptors (Lipinski definition) is 6. The Kier molecular flexibility index (Phi) is 6.82. The highest BCUT2D eigenvalue weighted by Gasteiger charge is 2.31. The normalized spacial score (nSPS) is 25.2. The van der Waals surface area contributed by atoms with Crippen molar-refractivity contribution in [3.63, 3.8) is 0 Å². The van der Waals surface area contributed by atoms with Crippen molar-refractivity contribution in [3.05, 3.63) is 30.1 Å². The molecule has 2 unspecified atom stereocenters. The quantitative estimate of drug-likeness (QED) is 0.820. The van der Waals surface area contributed by atoms with Crippen molar-refractivity contribution in [2.45, 2.75) is 50.9 Å². The van der Waals surface area contributed by atoms with E-state index in [2.05, 4.69) is 15.2 Å². The molecule has 7 heteroatoms. The molecule has 2 N–H and O–H groups in total. The van der Waals surface area contributed by atoms with Crippen molar-refractivity contribution in [1.82, 2.24) is 20.1 Å². The molecule has 3 rings (SSSR count). The largest absolute Gasteiger partial charge is 0.450 e. The number of aromatic nitrogens is 1. The van der Waals surface area contributed by atoms with Gasteiger partial charge in [-0.2, -0.15) is 0 Å². The van der Waals surface area contributed by atoms with Crippen molar-refractivity contribution < 1.29 is 14.6 Å². The summed E-state index contributed by atoms with van der Waals surface area (Å²) in [6.45, 7) is 6.07. The second-order valence-corrected chi connectivity index (χ2v) is 7.15. The SMILES string of the molecule is CCOC(=O)N1CCC(NC2CCN(Cc3ccccn3)CC2O)CC1. The Labute approximate surface area is 155 Å². The van der Waals surface area contributed by atoms with Crippen molar-refractivity contribution in [2.24, 2.45) is 0 Å². The first kappa shape index (κ1) is 19.1. The van der Waals surface area contributed by atoms with Crippen LogP contribution in [0.5, 0.6) is 0 Å². The summed E-state index contributed by atoms with van der Waals surface area (Å²) in [7, 11) is 0. The molecule has 2 atom stereocenters. The second-order valence-electron chi connectivity index (χ2n) is 7.15. The second kappa shape index (κ2) is 9.30. The number of carbonyl (C=O) groups is 1. The zero-order valence-corrected chi connectivity index (χ0v) is 15.5. The van der Waals surface area contributed by atoms with Crippen LogP contribution < -0.4 is 5.32 Å². The Balaban J connectivity index is 1.41. The highest BCUT2D eigenvalue weighted by atomic mass is 16.6. The van der Waals surface area contributed by atoms with Crippen molar-refractivity contribution >= 4 is 6.09 Å². The van der Waals surface area contributed by atoms with Crippen molar-refractivity contribution in [1.29, 1.82) is 0 Å². The minimum Gasteiger partial charge on any atom is -0.450 e. The lowest BCUT2D eigenvalue weighted by atomic mass is 9.97. The van der Waals surface area contributed by atoms with E-state index in [9.17, 15) is 9.90 Å². The van der Waals surface area contributed by atoms with Gasteiger partial charge in [-0.3, -0.25) is 9.88 Å². The molecule has 2 aliphatic rings. The molecule has 7 nitrogen and oxygen atoms in total. The maximum Gasteiger partial charge on any atom is 0.409 e. The van der Waals surface area contributed by atoms with Gasteiger partial charge in [-0.15, -0.1) is 0 Å². The van der Waals surface area contributed by atoms with E-state index in [0.29, 0.717) is 32.3 Å². The average molecular weight is 362 g/mol. The van der Waals surface area contributed by atoms with Crippen LogP contribution in [0.15, 0.2) is 24.4 Å². The summed E-state index contributed by atoms with van der Waals surface area (Å²) >= 11 is 0. The molecule has 0 spiro atoms. The number of hydrogen-bond donors (Lipinski definition) is 2. The van der Waals surface area contributed by atoms with E-state index >= 15 is 0 Å². The van der Waals surface area contributed by atoms with Crippen molar-refractivity contribution in [3.8, 4) is 0 Å². The lowest BCUT2D eigenvalue weighted by Crippen LogP contribution is -2.56. The molecule has 0 aliphatic carbocycles. The Morgan fingerprint density at radius 3 is 2.77 bits per heavy atom. The Morgan fingerprint density at radius 1 is 1.31 bits per heavy atom. The van der Waals surface area contributed by atoms with Crippen LogP contribution in [-0.4, -0.2) is 77.0 Å². The van der Waals surface area contributed by atoms with Crippen LogP contribution in [0, 0.1) is 0 Å². The number of likely N-dealkylation sites (tertiary alicyclic amines) is 2. The molecule has 2 fully saturated rings. The molecule has 0 radical (unpaired) electrons. The lowest BCUT2D eigenvalue weighted by molar-refractivity contribution is 0.0279. The number of pyridine rings is 1. The number of β-amino-alcohol motifs (C(OH)–C–C–N with tert-alkyl or cyclic N) is 1. The minimum atomic E-state index is -0.379. The molecule has 3 heterocycles. The Morgan fingerprint density at radius 2 is 2.12 bits per heavy atom. The number of nitrogens with zero attached hydrogens (tertiary/aromatic N) is 3. The van der Waals surface area contributed by atoms with E-state index in [-0.39, 0.29) is 18.2 Å². The van der Waals surface area contributed by atoms with E-state index in [4.69, 9.17) is 4.74 Å². The number of carbonyl (C=O) groups excluding carboxylic acids is 1. The molecule has 0 bridgehead atoms. The summed E-state index contributed by atoms with van der Waals surface area (Å²) in [4.78, 5) is 20.2. The molecule has 144 valence electrons. The summed E-state index contributed by atoms with van der Waals surface area (Å²) in [5, 5.41) is 14.2. The van der Waals surface area contributed by atoms with Gasteiger partial charge in [0.05, 0.1) is 18.4 Å². The van der Waals surface area contributed by atoms with E-state index in [1.54, 1.807) is 4.90 Å². The summed E-state index contributed by atoms with van der Waals surface area (Å²) in [5.74, 6) is 0. The van der Waals surface area contributed by atoms with Crippen LogP contribution in [0.2, 0.25) is 0 Å². The van der Waals surface area contributed by atoms with Crippen LogP contribution >= 0.6 is 0 Å². The van der Waals surface area contributed by atoms with E-state index in [1.807, 2.05) is 31.3 Å². The number of aliphatic hydroxyl groups is 1. The molecular formula is C19H30N4O3. The first-order chi connectivity index (χ1) is 12.7. The van der Waals surface area contributed by atoms with Crippen LogP contribution in [0.25, 0.3) is 0 Å². The maximum atomic E-state index is 11.8. The predicted molar refractivity (Wildman–Crippen MR) is 98.7 cm³/mol. The van der Waals surface area contributed by atoms with E-state index in [0.717, 1.165) is 38.0 Å². The van der Waals surface area contributed by atoms with Gasteiger partial charge in [0.1, 0.15) is 0 Å². The molecule has 2 aliphatic heterocycles. The fourth-order valence-corrected chi connectivity index (χ4v) is 3.80. The van der Waals surface area contributed by atoms with Gasteiger partial charge in [0.15, 0.2) is 0 Å². The zero-order chi connectivity index (χ0) is 18.4. The molecule has 2 saturated heterocycles. The van der Waals surface area contributed by atoms with Gasteiger partial charge >= 0.3 is 6.09 Å². The van der Waals surface area contributed by atoms with Gasteiger partial charge < -0.3 is 20.1 Å². The predicted octanol–water partition coefficient (Wildman–Crippen LogP) is 1.23. The van der Waals surface area contributed by atoms with E-state index in [1.165, 1.54) is 0 Å². The third-order valence-corrected chi connectivity index (χ3v) is 5.25. The molecular weight excluding hydrogens is 332 g/mol. The topological polar surface area (TPSA) is 77.9 Å². The lowest BCUT2D eigenvalue weighted by Gasteiger charge is -2.40. The first-order valence-electron chi connectivity index (χ1n) is 9.63. The highest BCUT2D eigenvalue weighted by molar-refractivity contribution is 5.67. The zero-order valence-electron chi connectivity index (χ0n) is 15.5. The summed E-state index contributed by atoms with van der Waals surface area (Å²) in [6, 6.07) is 6.41. The van der Waals surface area contributed by atoms with Crippen LogP contribution in [0.3, 0.4) is 0 Å². The third-order valence-electron chi connectivity index (χ3n) is 5.25. The summed E-state index contributed by atoms with van der Waals surface area (Å²) in [6.07, 6.45) is 3.94. The third kappa shape index (κ3) is 5.16.